The van der Waals surface area contributed by atoms with Crippen molar-refractivity contribution in [1.82, 2.24) is 5.32 Å². The Kier molecular flexibility index (Phi) is 6.90. The highest BCUT2D eigenvalue weighted by molar-refractivity contribution is 5.96. The maximum Gasteiger partial charge on any atom is 0.336 e. The molecule has 6 heteroatoms. The van der Waals surface area contributed by atoms with Crippen LogP contribution in [0.1, 0.15) is 44.8 Å². The maximum absolute atomic E-state index is 12.9. The molecule has 6 nitrogen and oxygen atoms in total. The fraction of sp³-hybridized carbons (Fsp3) is 0.161. The van der Waals surface area contributed by atoms with Gasteiger partial charge in [-0.05, 0) is 53.4 Å². The summed E-state index contributed by atoms with van der Waals surface area (Å²) in [5.41, 5.74) is 5.51. The van der Waals surface area contributed by atoms with E-state index in [9.17, 15) is 14.7 Å². The number of carbonyl (C=O) groups excluding carboxylic acids is 1. The SMILES string of the molecule is CC(NC(=O)c1ccc2c(c1)OCCN2Cc1ccc(-c2ccccc2C(=O)O)cc1)c1ccccc1. The van der Waals surface area contributed by atoms with Gasteiger partial charge in [0.05, 0.1) is 23.8 Å². The maximum atomic E-state index is 12.9. The van der Waals surface area contributed by atoms with E-state index in [-0.39, 0.29) is 17.5 Å². The molecule has 5 rings (SSSR count). The lowest BCUT2D eigenvalue weighted by atomic mass is 9.98. The lowest BCUT2D eigenvalue weighted by molar-refractivity contribution is 0.0697. The monoisotopic (exact) mass is 492 g/mol. The minimum absolute atomic E-state index is 0.104. The van der Waals surface area contributed by atoms with Crippen LogP contribution in [0.4, 0.5) is 5.69 Å². The van der Waals surface area contributed by atoms with Crippen molar-refractivity contribution in [2.24, 2.45) is 0 Å². The lowest BCUT2D eigenvalue weighted by Crippen LogP contribution is -2.32. The number of nitrogens with one attached hydrogen (secondary N) is 1. The van der Waals surface area contributed by atoms with Crippen molar-refractivity contribution in [1.29, 1.82) is 0 Å². The minimum atomic E-state index is -0.938. The highest BCUT2D eigenvalue weighted by Crippen LogP contribution is 2.34. The minimum Gasteiger partial charge on any atom is -0.490 e. The molecule has 0 spiro atoms. The Balaban J connectivity index is 1.29. The number of carboxylic acid groups (broad SMARTS) is 1. The fourth-order valence-corrected chi connectivity index (χ4v) is 4.62. The molecule has 1 amide bonds. The van der Waals surface area contributed by atoms with Crippen LogP contribution in [0.3, 0.4) is 0 Å². The molecule has 1 unspecified atom stereocenters. The molecule has 0 aromatic heterocycles. The molecule has 186 valence electrons. The van der Waals surface area contributed by atoms with Crippen LogP contribution in [0.15, 0.2) is 97.1 Å². The summed E-state index contributed by atoms with van der Waals surface area (Å²) in [6.07, 6.45) is 0. The van der Waals surface area contributed by atoms with Gasteiger partial charge in [0.1, 0.15) is 12.4 Å². The standard InChI is InChI=1S/C31H28N2O4/c1-21(23-7-3-2-4-8-23)32-30(34)25-15-16-28-29(19-25)37-18-17-33(28)20-22-11-13-24(14-12-22)26-9-5-6-10-27(26)31(35)36/h2-16,19,21H,17-18,20H2,1H3,(H,32,34)(H,35,36). The Morgan fingerprint density at radius 2 is 1.68 bits per heavy atom. The van der Waals surface area contributed by atoms with Crippen LogP contribution in [0.25, 0.3) is 11.1 Å². The van der Waals surface area contributed by atoms with E-state index in [4.69, 9.17) is 4.74 Å². The van der Waals surface area contributed by atoms with E-state index < -0.39 is 5.97 Å². The Bertz CT molecular complexity index is 1420. The number of aromatic carboxylic acids is 1. The molecular weight excluding hydrogens is 464 g/mol. The summed E-state index contributed by atoms with van der Waals surface area (Å²) < 4.78 is 5.91. The highest BCUT2D eigenvalue weighted by Gasteiger charge is 2.21. The number of ether oxygens (including phenoxy) is 1. The predicted octanol–water partition coefficient (Wildman–Crippen LogP) is 5.94. The first kappa shape index (κ1) is 24.1. The van der Waals surface area contributed by atoms with Gasteiger partial charge < -0.3 is 20.1 Å². The zero-order valence-corrected chi connectivity index (χ0v) is 20.6. The average molecular weight is 493 g/mol. The Hall–Kier alpha value is -4.58. The van der Waals surface area contributed by atoms with E-state index in [1.807, 2.05) is 85.8 Å². The van der Waals surface area contributed by atoms with Gasteiger partial charge in [0, 0.05) is 12.1 Å². The summed E-state index contributed by atoms with van der Waals surface area (Å²) in [6, 6.07) is 30.3. The van der Waals surface area contributed by atoms with Crippen molar-refractivity contribution in [3.63, 3.8) is 0 Å². The van der Waals surface area contributed by atoms with Crippen LogP contribution in [-0.4, -0.2) is 30.1 Å². The van der Waals surface area contributed by atoms with Crippen molar-refractivity contribution in [2.75, 3.05) is 18.1 Å². The molecule has 1 heterocycles. The van der Waals surface area contributed by atoms with E-state index in [1.54, 1.807) is 18.2 Å². The fourth-order valence-electron chi connectivity index (χ4n) is 4.62. The average Bonchev–Trinajstić information content (AvgIpc) is 2.93. The molecule has 4 aromatic carbocycles. The summed E-state index contributed by atoms with van der Waals surface area (Å²) in [5, 5.41) is 12.6. The van der Waals surface area contributed by atoms with Gasteiger partial charge in [-0.2, -0.15) is 0 Å². The number of hydrogen-bond acceptors (Lipinski definition) is 4. The third-order valence-electron chi connectivity index (χ3n) is 6.62. The second-order valence-corrected chi connectivity index (χ2v) is 9.11. The van der Waals surface area contributed by atoms with Crippen molar-refractivity contribution >= 4 is 17.6 Å². The Morgan fingerprint density at radius 3 is 2.43 bits per heavy atom. The largest absolute Gasteiger partial charge is 0.490 e. The number of rotatable bonds is 7. The van der Waals surface area contributed by atoms with Crippen LogP contribution < -0.4 is 15.0 Å². The summed E-state index contributed by atoms with van der Waals surface area (Å²) in [7, 11) is 0. The van der Waals surface area contributed by atoms with E-state index in [0.717, 1.165) is 28.9 Å². The summed E-state index contributed by atoms with van der Waals surface area (Å²) in [4.78, 5) is 26.7. The van der Waals surface area contributed by atoms with Crippen molar-refractivity contribution in [3.8, 4) is 16.9 Å². The first-order valence-corrected chi connectivity index (χ1v) is 12.3. The number of anilines is 1. The molecule has 2 N–H and O–H groups in total. The number of hydrogen-bond donors (Lipinski definition) is 2. The van der Waals surface area contributed by atoms with Crippen molar-refractivity contribution < 1.29 is 19.4 Å². The van der Waals surface area contributed by atoms with Crippen LogP contribution in [0, 0.1) is 0 Å². The molecule has 0 aliphatic carbocycles. The summed E-state index contributed by atoms with van der Waals surface area (Å²) in [5.74, 6) is -0.387. The molecule has 37 heavy (non-hydrogen) atoms. The summed E-state index contributed by atoms with van der Waals surface area (Å²) in [6.45, 7) is 3.90. The zero-order chi connectivity index (χ0) is 25.8. The Morgan fingerprint density at radius 1 is 0.946 bits per heavy atom. The highest BCUT2D eigenvalue weighted by atomic mass is 16.5. The lowest BCUT2D eigenvalue weighted by Gasteiger charge is -2.31. The first-order chi connectivity index (χ1) is 18.0. The summed E-state index contributed by atoms with van der Waals surface area (Å²) >= 11 is 0. The third kappa shape index (κ3) is 5.33. The van der Waals surface area contributed by atoms with Gasteiger partial charge in [0.15, 0.2) is 0 Å². The number of carbonyl (C=O) groups is 2. The Labute approximate surface area is 216 Å². The normalized spacial score (nSPS) is 13.3. The van der Waals surface area contributed by atoms with E-state index >= 15 is 0 Å². The smallest absolute Gasteiger partial charge is 0.336 e. The van der Waals surface area contributed by atoms with Gasteiger partial charge in [0.25, 0.3) is 5.91 Å². The second kappa shape index (κ2) is 10.6. The van der Waals surface area contributed by atoms with Crippen LogP contribution in [0.2, 0.25) is 0 Å². The molecule has 0 fully saturated rings. The van der Waals surface area contributed by atoms with Gasteiger partial charge in [0.2, 0.25) is 0 Å². The molecule has 4 aromatic rings. The number of carboxylic acids is 1. The van der Waals surface area contributed by atoms with Gasteiger partial charge >= 0.3 is 5.97 Å². The third-order valence-corrected chi connectivity index (χ3v) is 6.62. The number of benzene rings is 4. The molecular formula is C31H28N2O4. The molecule has 1 atom stereocenters. The van der Waals surface area contributed by atoms with Crippen molar-refractivity contribution in [2.45, 2.75) is 19.5 Å². The molecule has 1 aliphatic heterocycles. The molecule has 0 radical (unpaired) electrons. The second-order valence-electron chi connectivity index (χ2n) is 9.11. The topological polar surface area (TPSA) is 78.9 Å². The van der Waals surface area contributed by atoms with Gasteiger partial charge in [-0.3, -0.25) is 4.79 Å². The van der Waals surface area contributed by atoms with E-state index in [1.165, 1.54) is 0 Å². The zero-order valence-electron chi connectivity index (χ0n) is 20.6. The number of nitrogens with zero attached hydrogens (tertiary/aromatic N) is 1. The van der Waals surface area contributed by atoms with Gasteiger partial charge in [-0.1, -0.05) is 72.8 Å². The van der Waals surface area contributed by atoms with Crippen LogP contribution in [0.5, 0.6) is 5.75 Å². The van der Waals surface area contributed by atoms with Crippen LogP contribution >= 0.6 is 0 Å². The number of fused-ring (bicyclic) bond motifs is 1. The first-order valence-electron chi connectivity index (χ1n) is 12.3. The molecule has 0 saturated carbocycles. The van der Waals surface area contributed by atoms with Gasteiger partial charge in [-0.15, -0.1) is 0 Å². The molecule has 0 bridgehead atoms. The molecule has 0 saturated heterocycles. The predicted molar refractivity (Wildman–Crippen MR) is 144 cm³/mol. The van der Waals surface area contributed by atoms with Crippen LogP contribution in [-0.2, 0) is 6.54 Å². The van der Waals surface area contributed by atoms with Crippen molar-refractivity contribution in [3.05, 3.63) is 119 Å². The van der Waals surface area contributed by atoms with Gasteiger partial charge in [-0.25, -0.2) is 4.79 Å². The van der Waals surface area contributed by atoms with E-state index in [2.05, 4.69) is 10.2 Å². The van der Waals surface area contributed by atoms with E-state index in [0.29, 0.717) is 30.0 Å². The molecule has 1 aliphatic rings. The number of amides is 1. The quantitative estimate of drug-likeness (QED) is 0.334.